The van der Waals surface area contributed by atoms with Crippen LogP contribution in [0.4, 0.5) is 5.69 Å². The topological polar surface area (TPSA) is 58.2 Å². The molecule has 6 heteroatoms. The van der Waals surface area contributed by atoms with Crippen LogP contribution >= 0.6 is 23.5 Å². The molecule has 0 radical (unpaired) electrons. The zero-order valence-electron chi connectivity index (χ0n) is 17.6. The van der Waals surface area contributed by atoms with Gasteiger partial charge in [0.05, 0.1) is 10.6 Å². The van der Waals surface area contributed by atoms with Gasteiger partial charge in [-0.15, -0.1) is 0 Å². The third-order valence-corrected chi connectivity index (χ3v) is 8.11. The van der Waals surface area contributed by atoms with Crippen molar-refractivity contribution in [3.05, 3.63) is 64.6 Å². The molecule has 0 saturated heterocycles. The molecule has 0 bridgehead atoms. The van der Waals surface area contributed by atoms with Gasteiger partial charge < -0.3 is 10.6 Å². The first-order valence-corrected chi connectivity index (χ1v) is 12.9. The zero-order valence-corrected chi connectivity index (χ0v) is 19.2. The number of hydrogen-bond acceptors (Lipinski definition) is 4. The lowest BCUT2D eigenvalue weighted by Gasteiger charge is -2.21. The van der Waals surface area contributed by atoms with Crippen molar-refractivity contribution in [3.63, 3.8) is 0 Å². The van der Waals surface area contributed by atoms with E-state index in [1.54, 1.807) is 6.07 Å². The molecule has 4 rings (SSSR count). The van der Waals surface area contributed by atoms with Gasteiger partial charge in [-0.3, -0.25) is 9.59 Å². The van der Waals surface area contributed by atoms with Crippen LogP contribution in [0.3, 0.4) is 0 Å². The van der Waals surface area contributed by atoms with E-state index in [1.807, 2.05) is 48.5 Å². The molecule has 0 spiro atoms. The number of rotatable bonds is 7. The standard InChI is InChI=1S/C25H28N2O2S2/c28-24(26-14-7-15-30-20-10-5-2-6-11-20)19-12-13-22-21(17-19)27-25(29)23(31-22)16-18-8-3-1-4-9-18/h1,3-4,8-9,12-13,16-17,20H,2,5-7,10-11,14-15H2,(H,26,28)(H,27,29)/b23-16-. The average Bonchev–Trinajstić information content (AvgIpc) is 2.80. The van der Waals surface area contributed by atoms with E-state index in [4.69, 9.17) is 0 Å². The number of hydrogen-bond donors (Lipinski definition) is 2. The fourth-order valence-electron chi connectivity index (χ4n) is 3.86. The second kappa shape index (κ2) is 10.9. The Labute approximate surface area is 192 Å². The summed E-state index contributed by atoms with van der Waals surface area (Å²) in [4.78, 5) is 26.6. The molecule has 1 heterocycles. The molecule has 1 aliphatic carbocycles. The van der Waals surface area contributed by atoms with E-state index in [9.17, 15) is 9.59 Å². The van der Waals surface area contributed by atoms with Gasteiger partial charge in [-0.1, -0.05) is 61.4 Å². The van der Waals surface area contributed by atoms with Crippen molar-refractivity contribution >= 4 is 47.1 Å². The molecular weight excluding hydrogens is 424 g/mol. The number of thioether (sulfide) groups is 2. The monoisotopic (exact) mass is 452 g/mol. The Hall–Kier alpha value is -2.18. The van der Waals surface area contributed by atoms with Crippen molar-refractivity contribution in [1.29, 1.82) is 0 Å². The van der Waals surface area contributed by atoms with Gasteiger partial charge in [0.1, 0.15) is 0 Å². The number of fused-ring (bicyclic) bond motifs is 1. The second-order valence-electron chi connectivity index (χ2n) is 7.93. The summed E-state index contributed by atoms with van der Waals surface area (Å²) in [5.74, 6) is 0.868. The fourth-order valence-corrected chi connectivity index (χ4v) is 6.10. The summed E-state index contributed by atoms with van der Waals surface area (Å²) in [5.41, 5.74) is 2.26. The quantitative estimate of drug-likeness (QED) is 0.402. The molecule has 2 N–H and O–H groups in total. The maximum Gasteiger partial charge on any atom is 0.262 e. The minimum atomic E-state index is -0.140. The molecular formula is C25H28N2O2S2. The summed E-state index contributed by atoms with van der Waals surface area (Å²) >= 11 is 3.49. The average molecular weight is 453 g/mol. The Morgan fingerprint density at radius 2 is 1.94 bits per heavy atom. The van der Waals surface area contributed by atoms with Crippen LogP contribution in [0.2, 0.25) is 0 Å². The molecule has 31 heavy (non-hydrogen) atoms. The maximum atomic E-state index is 12.5. The Morgan fingerprint density at radius 3 is 2.74 bits per heavy atom. The van der Waals surface area contributed by atoms with Gasteiger partial charge in [-0.25, -0.2) is 0 Å². The molecule has 162 valence electrons. The predicted octanol–water partition coefficient (Wildman–Crippen LogP) is 5.96. The molecule has 0 aromatic heterocycles. The molecule has 1 saturated carbocycles. The van der Waals surface area contributed by atoms with Crippen LogP contribution in [0.15, 0.2) is 58.3 Å². The highest BCUT2D eigenvalue weighted by Gasteiger charge is 2.22. The smallest absolute Gasteiger partial charge is 0.262 e. The Morgan fingerprint density at radius 1 is 1.13 bits per heavy atom. The first-order valence-electron chi connectivity index (χ1n) is 11.0. The van der Waals surface area contributed by atoms with Crippen LogP contribution in [-0.2, 0) is 4.79 Å². The van der Waals surface area contributed by atoms with Crippen LogP contribution in [-0.4, -0.2) is 29.4 Å². The second-order valence-corrected chi connectivity index (χ2v) is 10.4. The highest BCUT2D eigenvalue weighted by molar-refractivity contribution is 8.04. The van der Waals surface area contributed by atoms with Gasteiger partial charge in [0.25, 0.3) is 11.8 Å². The molecule has 2 aliphatic rings. The fraction of sp³-hybridized carbons (Fsp3) is 0.360. The zero-order chi connectivity index (χ0) is 21.5. The minimum absolute atomic E-state index is 0.0876. The van der Waals surface area contributed by atoms with Gasteiger partial charge in [0, 0.05) is 22.3 Å². The lowest BCUT2D eigenvalue weighted by Crippen LogP contribution is -2.25. The first kappa shape index (κ1) is 22.0. The van der Waals surface area contributed by atoms with Crippen LogP contribution in [0.5, 0.6) is 0 Å². The molecule has 1 fully saturated rings. The van der Waals surface area contributed by atoms with Gasteiger partial charge >= 0.3 is 0 Å². The van der Waals surface area contributed by atoms with Crippen molar-refractivity contribution < 1.29 is 9.59 Å². The van der Waals surface area contributed by atoms with Crippen molar-refractivity contribution in [2.24, 2.45) is 0 Å². The molecule has 0 unspecified atom stereocenters. The van der Waals surface area contributed by atoms with Crippen LogP contribution in [0.25, 0.3) is 6.08 Å². The van der Waals surface area contributed by atoms with Gasteiger partial charge in [-0.2, -0.15) is 11.8 Å². The summed E-state index contributed by atoms with van der Waals surface area (Å²) in [5, 5.41) is 6.75. The SMILES string of the molecule is O=C1Nc2cc(C(=O)NCCCSC3CCCCC3)ccc2S/C1=C\c1ccccc1. The van der Waals surface area contributed by atoms with Gasteiger partial charge in [0.15, 0.2) is 0 Å². The number of anilines is 1. The number of carbonyl (C=O) groups excluding carboxylic acids is 2. The van der Waals surface area contributed by atoms with Crippen molar-refractivity contribution in [2.45, 2.75) is 48.7 Å². The lowest BCUT2D eigenvalue weighted by molar-refractivity contribution is -0.112. The Bertz CT molecular complexity index is 953. The van der Waals surface area contributed by atoms with E-state index >= 15 is 0 Å². The number of carbonyl (C=O) groups is 2. The summed E-state index contributed by atoms with van der Waals surface area (Å²) in [7, 11) is 0. The first-order chi connectivity index (χ1) is 15.2. The minimum Gasteiger partial charge on any atom is -0.352 e. The van der Waals surface area contributed by atoms with E-state index < -0.39 is 0 Å². The summed E-state index contributed by atoms with van der Waals surface area (Å²) in [6.45, 7) is 0.681. The maximum absolute atomic E-state index is 12.5. The molecule has 2 aromatic carbocycles. The molecule has 4 nitrogen and oxygen atoms in total. The van der Waals surface area contributed by atoms with Crippen LogP contribution in [0, 0.1) is 0 Å². The summed E-state index contributed by atoms with van der Waals surface area (Å²) in [6.07, 6.45) is 9.68. The molecule has 2 amide bonds. The molecule has 2 aromatic rings. The third-order valence-electron chi connectivity index (χ3n) is 5.54. The van der Waals surface area contributed by atoms with Crippen molar-refractivity contribution in [2.75, 3.05) is 17.6 Å². The normalized spacial score (nSPS) is 17.8. The van der Waals surface area contributed by atoms with Gasteiger partial charge in [-0.05, 0) is 54.9 Å². The Kier molecular flexibility index (Phi) is 7.76. The molecule has 0 atom stereocenters. The summed E-state index contributed by atoms with van der Waals surface area (Å²) in [6, 6.07) is 15.3. The predicted molar refractivity (Wildman–Crippen MR) is 132 cm³/mol. The van der Waals surface area contributed by atoms with E-state index in [1.165, 1.54) is 43.9 Å². The van der Waals surface area contributed by atoms with E-state index in [0.717, 1.165) is 27.9 Å². The summed E-state index contributed by atoms with van der Waals surface area (Å²) < 4.78 is 0. The van der Waals surface area contributed by atoms with E-state index in [0.29, 0.717) is 22.7 Å². The third kappa shape index (κ3) is 6.17. The molecule has 1 aliphatic heterocycles. The van der Waals surface area contributed by atoms with E-state index in [2.05, 4.69) is 22.4 Å². The van der Waals surface area contributed by atoms with Crippen molar-refractivity contribution in [1.82, 2.24) is 5.32 Å². The lowest BCUT2D eigenvalue weighted by atomic mass is 10.0. The number of nitrogens with one attached hydrogen (secondary N) is 2. The van der Waals surface area contributed by atoms with Gasteiger partial charge in [0.2, 0.25) is 0 Å². The largest absolute Gasteiger partial charge is 0.352 e. The number of amides is 2. The van der Waals surface area contributed by atoms with E-state index in [-0.39, 0.29) is 11.8 Å². The van der Waals surface area contributed by atoms with Crippen LogP contribution < -0.4 is 10.6 Å². The van der Waals surface area contributed by atoms with Crippen molar-refractivity contribution in [3.8, 4) is 0 Å². The van der Waals surface area contributed by atoms with Crippen LogP contribution in [0.1, 0.15) is 54.4 Å². The Balaban J connectivity index is 1.29. The number of benzene rings is 2. The highest BCUT2D eigenvalue weighted by atomic mass is 32.2. The highest BCUT2D eigenvalue weighted by Crippen LogP contribution is 2.39.